The van der Waals surface area contributed by atoms with Crippen molar-refractivity contribution in [3.8, 4) is 5.75 Å². The number of rotatable bonds is 10. The fourth-order valence-corrected chi connectivity index (χ4v) is 6.81. The number of Topliss-reactive ketones (excluding diaryl/α,β-unsaturated/α-hetero) is 1. The Morgan fingerprint density at radius 1 is 1.08 bits per heavy atom. The van der Waals surface area contributed by atoms with Crippen LogP contribution in [0.1, 0.15) is 61.9 Å². The summed E-state index contributed by atoms with van der Waals surface area (Å²) in [6.45, 7) is 6.47. The number of carbonyl (C=O) groups excluding carboxylic acids is 4. The van der Waals surface area contributed by atoms with Crippen LogP contribution in [0.15, 0.2) is 78.2 Å². The molecule has 5 aromatic rings. The van der Waals surface area contributed by atoms with Gasteiger partial charge in [-0.1, -0.05) is 12.2 Å². The second-order valence-corrected chi connectivity index (χ2v) is 13.5. The number of aliphatic imine (C=N–C) groups is 1. The summed E-state index contributed by atoms with van der Waals surface area (Å²) < 4.78 is 10.8. The first-order chi connectivity index (χ1) is 24.8. The average Bonchev–Trinajstić information content (AvgIpc) is 3.84. The molecule has 0 aliphatic carbocycles. The Labute approximate surface area is 299 Å². The minimum atomic E-state index is -0.999. The van der Waals surface area contributed by atoms with Crippen molar-refractivity contribution in [2.75, 3.05) is 24.2 Å². The van der Waals surface area contributed by atoms with E-state index in [1.165, 1.54) is 0 Å². The van der Waals surface area contributed by atoms with E-state index in [2.05, 4.69) is 21.9 Å². The van der Waals surface area contributed by atoms with E-state index in [1.54, 1.807) is 87.8 Å². The summed E-state index contributed by atoms with van der Waals surface area (Å²) in [6.07, 6.45) is 7.67. The largest absolute Gasteiger partial charge is 0.493 e. The lowest BCUT2D eigenvalue weighted by Crippen LogP contribution is -2.54. The molecule has 2 aliphatic rings. The Bertz CT molecular complexity index is 2340. The predicted molar refractivity (Wildman–Crippen MR) is 197 cm³/mol. The van der Waals surface area contributed by atoms with Crippen molar-refractivity contribution < 1.29 is 23.9 Å². The predicted octanol–water partition coefficient (Wildman–Crippen LogP) is 4.29. The maximum atomic E-state index is 13.4. The molecule has 1 saturated heterocycles. The number of nitrogen functional groups attached to an aromatic ring is 1. The highest BCUT2D eigenvalue weighted by Crippen LogP contribution is 2.37. The van der Waals surface area contributed by atoms with Crippen molar-refractivity contribution in [2.24, 2.45) is 24.8 Å². The first kappa shape index (κ1) is 34.2. The van der Waals surface area contributed by atoms with E-state index < -0.39 is 5.66 Å². The highest BCUT2D eigenvalue weighted by Gasteiger charge is 2.43. The molecule has 1 atom stereocenters. The normalized spacial score (nSPS) is 16.6. The number of fused-ring (bicyclic) bond motifs is 3. The van der Waals surface area contributed by atoms with Gasteiger partial charge in [-0.05, 0) is 60.9 Å². The summed E-state index contributed by atoms with van der Waals surface area (Å²) in [5.74, 6) is 0.0168. The minimum absolute atomic E-state index is 0.0162. The second kappa shape index (κ2) is 13.1. The molecule has 0 unspecified atom stereocenters. The zero-order valence-electron chi connectivity index (χ0n) is 29.2. The van der Waals surface area contributed by atoms with Crippen LogP contribution >= 0.6 is 0 Å². The highest BCUT2D eigenvalue weighted by molar-refractivity contribution is 6.05. The van der Waals surface area contributed by atoms with Gasteiger partial charge in [-0.15, -0.1) is 0 Å². The Balaban J connectivity index is 0.927. The van der Waals surface area contributed by atoms with Crippen molar-refractivity contribution in [1.29, 1.82) is 0 Å². The topological polar surface area (TPSA) is 185 Å². The molecule has 0 bridgehead atoms. The zero-order chi connectivity index (χ0) is 36.9. The van der Waals surface area contributed by atoms with Crippen molar-refractivity contribution in [3.63, 3.8) is 0 Å². The van der Waals surface area contributed by atoms with Crippen LogP contribution in [-0.2, 0) is 25.3 Å². The number of aromatic nitrogens is 4. The third-order valence-electron chi connectivity index (χ3n) is 9.39. The fraction of sp³-hybridized carbons (Fsp3) is 0.263. The van der Waals surface area contributed by atoms with Gasteiger partial charge in [0, 0.05) is 81.8 Å². The van der Waals surface area contributed by atoms with E-state index in [1.807, 2.05) is 19.1 Å². The number of hydrogen-bond acceptors (Lipinski definition) is 9. The van der Waals surface area contributed by atoms with E-state index in [9.17, 15) is 19.2 Å². The molecule has 2 aromatic carbocycles. The van der Waals surface area contributed by atoms with Crippen LogP contribution in [0.5, 0.6) is 5.75 Å². The van der Waals surface area contributed by atoms with Crippen molar-refractivity contribution >= 4 is 57.8 Å². The molecule has 0 saturated carbocycles. The Morgan fingerprint density at radius 2 is 1.88 bits per heavy atom. The van der Waals surface area contributed by atoms with Crippen LogP contribution in [0.4, 0.5) is 17.2 Å². The van der Waals surface area contributed by atoms with Gasteiger partial charge in [-0.3, -0.25) is 28.7 Å². The quantitative estimate of drug-likeness (QED) is 0.0833. The van der Waals surface area contributed by atoms with Gasteiger partial charge in [0.1, 0.15) is 17.1 Å². The molecule has 52 heavy (non-hydrogen) atoms. The summed E-state index contributed by atoms with van der Waals surface area (Å²) >= 11 is 0. The molecule has 1 fully saturated rings. The molecule has 5 heterocycles. The Kier molecular flexibility index (Phi) is 8.62. The van der Waals surface area contributed by atoms with Crippen LogP contribution in [-0.4, -0.2) is 72.1 Å². The molecule has 5 N–H and O–H groups in total. The van der Waals surface area contributed by atoms with E-state index >= 15 is 0 Å². The standard InChI is InChI=1S/C38H39N9O5/c1-22-17-38(40)21-41-28-16-32(23(2)12-27(28)36(50)47(38)18-22)52-11-5-6-34(49)42-33-20-45(4)35(43-33)31(48)14-24-13-30(44(3)19-24)37(51)46-10-9-25-15-26(39)7-8-29(25)46/h7-10,12-13,15-16,19-21H,1,5-6,11,14,17-18,39-40H2,2-4H3,(H,42,49)/t38-/m0/s1. The van der Waals surface area contributed by atoms with E-state index in [-0.39, 0.29) is 54.6 Å². The number of nitrogens with one attached hydrogen (secondary N) is 1. The van der Waals surface area contributed by atoms with Gasteiger partial charge in [0.15, 0.2) is 11.6 Å². The Hall–Kier alpha value is -6.28. The third-order valence-corrected chi connectivity index (χ3v) is 9.39. The number of ketones is 1. The van der Waals surface area contributed by atoms with E-state index in [0.29, 0.717) is 53.3 Å². The summed E-state index contributed by atoms with van der Waals surface area (Å²) in [5.41, 5.74) is 16.4. The number of nitrogens with zero attached hydrogens (tertiary/aromatic N) is 6. The molecular weight excluding hydrogens is 662 g/mol. The summed E-state index contributed by atoms with van der Waals surface area (Å²) in [6, 6.07) is 12.4. The van der Waals surface area contributed by atoms with Crippen molar-refractivity contribution in [2.45, 2.75) is 38.3 Å². The molecule has 7 rings (SSSR count). The highest BCUT2D eigenvalue weighted by atomic mass is 16.5. The van der Waals surface area contributed by atoms with Gasteiger partial charge in [-0.2, -0.15) is 0 Å². The van der Waals surface area contributed by atoms with E-state index in [0.717, 1.165) is 22.0 Å². The lowest BCUT2D eigenvalue weighted by atomic mass is 10.1. The average molecular weight is 702 g/mol. The number of imidazole rings is 1. The SMILES string of the molecule is C=C1CN2C(=O)c3cc(C)c(OCCCC(=O)Nc4cn(C)c(C(=O)Cc5cc(C(=O)n6ccc7cc(N)ccc76)n(C)c5)n4)cc3N=C[C@]2(N)C1. The van der Waals surface area contributed by atoms with Crippen LogP contribution < -0.4 is 21.5 Å². The van der Waals surface area contributed by atoms with Gasteiger partial charge in [0.05, 0.1) is 23.4 Å². The number of hydrogen-bond donors (Lipinski definition) is 3. The van der Waals surface area contributed by atoms with Gasteiger partial charge in [0.25, 0.3) is 11.8 Å². The zero-order valence-corrected chi connectivity index (χ0v) is 29.2. The first-order valence-electron chi connectivity index (χ1n) is 16.8. The number of aryl methyl sites for hydroxylation is 3. The molecule has 0 radical (unpaired) electrons. The molecule has 266 valence electrons. The molecule has 14 nitrogen and oxygen atoms in total. The summed E-state index contributed by atoms with van der Waals surface area (Å²) in [7, 11) is 3.44. The number of amides is 2. The second-order valence-electron chi connectivity index (χ2n) is 13.5. The van der Waals surface area contributed by atoms with E-state index in [4.69, 9.17) is 16.2 Å². The maximum Gasteiger partial charge on any atom is 0.278 e. The third kappa shape index (κ3) is 6.39. The monoisotopic (exact) mass is 701 g/mol. The molecule has 2 aliphatic heterocycles. The van der Waals surface area contributed by atoms with Gasteiger partial charge in [-0.25, -0.2) is 4.98 Å². The summed E-state index contributed by atoms with van der Waals surface area (Å²) in [4.78, 5) is 63.2. The summed E-state index contributed by atoms with van der Waals surface area (Å²) in [5, 5.41) is 3.61. The van der Waals surface area contributed by atoms with Crippen molar-refractivity contribution in [1.82, 2.24) is 23.6 Å². The smallest absolute Gasteiger partial charge is 0.278 e. The van der Waals surface area contributed by atoms with Crippen LogP contribution in [0.25, 0.3) is 10.9 Å². The van der Waals surface area contributed by atoms with Gasteiger partial charge in [0.2, 0.25) is 11.7 Å². The molecule has 3 aromatic heterocycles. The number of carbonyl (C=O) groups is 4. The number of anilines is 2. The lowest BCUT2D eigenvalue weighted by molar-refractivity contribution is -0.116. The van der Waals surface area contributed by atoms with Crippen LogP contribution in [0.3, 0.4) is 0 Å². The van der Waals surface area contributed by atoms with Crippen molar-refractivity contribution in [3.05, 3.63) is 101 Å². The number of benzene rings is 2. The van der Waals surface area contributed by atoms with Crippen LogP contribution in [0.2, 0.25) is 0 Å². The Morgan fingerprint density at radius 3 is 2.69 bits per heavy atom. The molecular formula is C38H39N9O5. The minimum Gasteiger partial charge on any atom is -0.493 e. The van der Waals surface area contributed by atoms with Gasteiger partial charge < -0.3 is 35.6 Å². The molecule has 14 heteroatoms. The van der Waals surface area contributed by atoms with Crippen LogP contribution in [0, 0.1) is 6.92 Å². The fourth-order valence-electron chi connectivity index (χ4n) is 6.81. The molecule has 2 amide bonds. The van der Waals surface area contributed by atoms with Gasteiger partial charge >= 0.3 is 0 Å². The molecule has 0 spiro atoms. The lowest BCUT2D eigenvalue weighted by Gasteiger charge is -2.29. The number of ether oxygens (including phenoxy) is 1. The maximum absolute atomic E-state index is 13.4. The first-order valence-corrected chi connectivity index (χ1v) is 16.8. The number of nitrogens with two attached hydrogens (primary N) is 2.